The van der Waals surface area contributed by atoms with Crippen LogP contribution in [0, 0.1) is 5.41 Å². The Morgan fingerprint density at radius 3 is 2.31 bits per heavy atom. The van der Waals surface area contributed by atoms with Gasteiger partial charge < -0.3 is 0 Å². The maximum absolute atomic E-state index is 4.50. The molecule has 0 bridgehead atoms. The minimum atomic E-state index is 0.304. The van der Waals surface area contributed by atoms with Crippen molar-refractivity contribution in [2.75, 3.05) is 10.7 Å². The molecule has 0 amide bonds. The Labute approximate surface area is 115 Å². The summed E-state index contributed by atoms with van der Waals surface area (Å²) >= 11 is 7.28. The summed E-state index contributed by atoms with van der Waals surface area (Å²) in [5.41, 5.74) is 2.82. The van der Waals surface area contributed by atoms with Crippen molar-refractivity contribution in [3.05, 3.63) is 17.5 Å². The summed E-state index contributed by atoms with van der Waals surface area (Å²) < 4.78 is 2.02. The van der Waals surface area contributed by atoms with E-state index < -0.39 is 0 Å². The van der Waals surface area contributed by atoms with Crippen molar-refractivity contribution in [3.8, 4) is 0 Å². The highest BCUT2D eigenvalue weighted by Crippen LogP contribution is 2.31. The van der Waals surface area contributed by atoms with E-state index in [4.69, 9.17) is 0 Å². The van der Waals surface area contributed by atoms with Gasteiger partial charge in [0.1, 0.15) is 0 Å². The third kappa shape index (κ3) is 3.10. The molecular weight excluding hydrogens is 332 g/mol. The van der Waals surface area contributed by atoms with E-state index in [1.807, 2.05) is 11.7 Å². The molecule has 92 valence electrons. The lowest BCUT2D eigenvalue weighted by Crippen LogP contribution is -2.27. The number of halogens is 2. The van der Waals surface area contributed by atoms with Crippen molar-refractivity contribution in [2.24, 2.45) is 12.5 Å². The molecule has 0 aliphatic heterocycles. The Morgan fingerprint density at radius 1 is 1.31 bits per heavy atom. The van der Waals surface area contributed by atoms with Gasteiger partial charge in [-0.15, -0.1) is 0 Å². The van der Waals surface area contributed by atoms with Gasteiger partial charge in [-0.1, -0.05) is 45.7 Å². The fourth-order valence-electron chi connectivity index (χ4n) is 1.74. The smallest absolute Gasteiger partial charge is 0.0624 e. The Morgan fingerprint density at radius 2 is 1.94 bits per heavy atom. The van der Waals surface area contributed by atoms with Crippen LogP contribution in [0.1, 0.15) is 31.7 Å². The minimum absolute atomic E-state index is 0.304. The van der Waals surface area contributed by atoms with Crippen molar-refractivity contribution < 1.29 is 0 Å². The summed E-state index contributed by atoms with van der Waals surface area (Å²) in [5.74, 6) is 0. The molecule has 1 rings (SSSR count). The van der Waals surface area contributed by atoms with E-state index in [2.05, 4.69) is 56.9 Å². The van der Waals surface area contributed by atoms with E-state index >= 15 is 0 Å². The number of hydrogen-bond donors (Lipinski definition) is 0. The summed E-state index contributed by atoms with van der Waals surface area (Å²) in [6.07, 6.45) is 3.25. The molecule has 0 N–H and O–H groups in total. The monoisotopic (exact) mass is 350 g/mol. The highest BCUT2D eigenvalue weighted by Gasteiger charge is 2.27. The zero-order chi connectivity index (χ0) is 12.2. The molecule has 0 unspecified atom stereocenters. The molecule has 0 saturated heterocycles. The van der Waals surface area contributed by atoms with Crippen LogP contribution in [0.2, 0.25) is 0 Å². The van der Waals surface area contributed by atoms with E-state index in [1.165, 1.54) is 11.4 Å². The van der Waals surface area contributed by atoms with E-state index in [1.54, 1.807) is 0 Å². The molecule has 0 atom stereocenters. The second-order valence-corrected chi connectivity index (χ2v) is 5.52. The molecule has 16 heavy (non-hydrogen) atoms. The quantitative estimate of drug-likeness (QED) is 0.714. The average molecular weight is 352 g/mol. The van der Waals surface area contributed by atoms with Gasteiger partial charge in [0.15, 0.2) is 0 Å². The number of nitrogens with zero attached hydrogens (tertiary/aromatic N) is 2. The molecule has 1 aromatic rings. The summed E-state index contributed by atoms with van der Waals surface area (Å²) in [4.78, 5) is 0. The Kier molecular flexibility index (Phi) is 5.51. The molecule has 0 aliphatic carbocycles. The normalized spacial score (nSPS) is 12.1. The van der Waals surface area contributed by atoms with Gasteiger partial charge in [0, 0.05) is 23.4 Å². The minimum Gasteiger partial charge on any atom is -0.272 e. The van der Waals surface area contributed by atoms with Gasteiger partial charge in [-0.3, -0.25) is 4.68 Å². The summed E-state index contributed by atoms with van der Waals surface area (Å²) in [6, 6.07) is 2.23. The molecule has 0 aliphatic rings. The number of aryl methyl sites for hydroxylation is 2. The fourth-order valence-corrected chi connectivity index (χ4v) is 3.86. The molecule has 1 heterocycles. The summed E-state index contributed by atoms with van der Waals surface area (Å²) in [7, 11) is 2.04. The molecule has 0 spiro atoms. The first-order valence-corrected chi connectivity index (χ1v) is 7.98. The third-order valence-electron chi connectivity index (χ3n) is 3.26. The van der Waals surface area contributed by atoms with E-state index in [9.17, 15) is 0 Å². The lowest BCUT2D eigenvalue weighted by molar-refractivity contribution is 0.363. The van der Waals surface area contributed by atoms with Crippen LogP contribution in [0.25, 0.3) is 0 Å². The van der Waals surface area contributed by atoms with Crippen molar-refractivity contribution in [1.29, 1.82) is 0 Å². The lowest BCUT2D eigenvalue weighted by atomic mass is 9.85. The fraction of sp³-hybridized carbons (Fsp3) is 0.750. The van der Waals surface area contributed by atoms with Crippen LogP contribution < -0.4 is 0 Å². The molecule has 0 saturated carbocycles. The largest absolute Gasteiger partial charge is 0.272 e. The van der Waals surface area contributed by atoms with E-state index in [0.29, 0.717) is 5.41 Å². The lowest BCUT2D eigenvalue weighted by Gasteiger charge is -2.28. The predicted octanol–water partition coefficient (Wildman–Crippen LogP) is 3.71. The first-order valence-electron chi connectivity index (χ1n) is 5.74. The predicted molar refractivity (Wildman–Crippen MR) is 76.6 cm³/mol. The Balaban J connectivity index is 2.88. The van der Waals surface area contributed by atoms with E-state index in [0.717, 1.165) is 29.9 Å². The molecule has 0 aromatic carbocycles. The van der Waals surface area contributed by atoms with Crippen LogP contribution in [0.3, 0.4) is 0 Å². The first kappa shape index (κ1) is 14.2. The summed E-state index contributed by atoms with van der Waals surface area (Å²) in [5, 5.41) is 6.55. The van der Waals surface area contributed by atoms with Crippen molar-refractivity contribution >= 4 is 31.9 Å². The number of alkyl halides is 2. The molecular formula is C12H20Br2N2. The SMILES string of the molecule is CCc1cc(CC(CC)(CBr)CBr)n(C)n1. The zero-order valence-electron chi connectivity index (χ0n) is 10.3. The average Bonchev–Trinajstić information content (AvgIpc) is 2.67. The molecule has 4 heteroatoms. The van der Waals surface area contributed by atoms with E-state index in [-0.39, 0.29) is 0 Å². The number of hydrogen-bond acceptors (Lipinski definition) is 1. The summed E-state index contributed by atoms with van der Waals surface area (Å²) in [6.45, 7) is 4.40. The maximum Gasteiger partial charge on any atom is 0.0624 e. The van der Waals surface area contributed by atoms with Gasteiger partial charge in [0.25, 0.3) is 0 Å². The van der Waals surface area contributed by atoms with Crippen LogP contribution in [-0.2, 0) is 19.9 Å². The van der Waals surface area contributed by atoms with Gasteiger partial charge in [-0.2, -0.15) is 5.10 Å². The second-order valence-electron chi connectivity index (χ2n) is 4.40. The van der Waals surface area contributed by atoms with Gasteiger partial charge in [-0.25, -0.2) is 0 Å². The van der Waals surface area contributed by atoms with Gasteiger partial charge in [-0.05, 0) is 30.7 Å². The van der Waals surface area contributed by atoms with Crippen LogP contribution >= 0.6 is 31.9 Å². The highest BCUT2D eigenvalue weighted by molar-refractivity contribution is 9.09. The van der Waals surface area contributed by atoms with Gasteiger partial charge in [0.05, 0.1) is 5.69 Å². The van der Waals surface area contributed by atoms with Gasteiger partial charge in [0.2, 0.25) is 0 Å². The molecule has 0 fully saturated rings. The first-order chi connectivity index (χ1) is 7.60. The third-order valence-corrected chi connectivity index (χ3v) is 5.64. The van der Waals surface area contributed by atoms with Crippen molar-refractivity contribution in [3.63, 3.8) is 0 Å². The zero-order valence-corrected chi connectivity index (χ0v) is 13.4. The standard InChI is InChI=1S/C12H20Br2N2/c1-4-10-6-11(16(3)15-10)7-12(5-2,8-13)9-14/h6H,4-5,7-9H2,1-3H3. The number of rotatable bonds is 6. The topological polar surface area (TPSA) is 17.8 Å². The van der Waals surface area contributed by atoms with Crippen LogP contribution in [0.15, 0.2) is 6.07 Å². The number of aromatic nitrogens is 2. The maximum atomic E-state index is 4.50. The van der Waals surface area contributed by atoms with Crippen LogP contribution in [0.4, 0.5) is 0 Å². The molecule has 2 nitrogen and oxygen atoms in total. The van der Waals surface area contributed by atoms with Crippen molar-refractivity contribution in [2.45, 2.75) is 33.1 Å². The van der Waals surface area contributed by atoms with Crippen molar-refractivity contribution in [1.82, 2.24) is 9.78 Å². The van der Waals surface area contributed by atoms with Crippen LogP contribution in [0.5, 0.6) is 0 Å². The molecule has 1 aromatic heterocycles. The molecule has 0 radical (unpaired) electrons. The highest BCUT2D eigenvalue weighted by atomic mass is 79.9. The Bertz CT molecular complexity index is 321. The van der Waals surface area contributed by atoms with Crippen LogP contribution in [-0.4, -0.2) is 20.4 Å². The Hall–Kier alpha value is 0.170. The van der Waals surface area contributed by atoms with Gasteiger partial charge >= 0.3 is 0 Å². The second kappa shape index (κ2) is 6.20.